The monoisotopic (exact) mass is 450 g/mol. The summed E-state index contributed by atoms with van der Waals surface area (Å²) in [6.07, 6.45) is -0.0814. The van der Waals surface area contributed by atoms with E-state index in [1.54, 1.807) is 48.5 Å². The van der Waals surface area contributed by atoms with Gasteiger partial charge >= 0.3 is 6.03 Å². The molecule has 3 N–H and O–H groups in total. The van der Waals surface area contributed by atoms with E-state index in [1.807, 2.05) is 6.07 Å². The first-order valence-electron chi connectivity index (χ1n) is 10.2. The fourth-order valence-corrected chi connectivity index (χ4v) is 3.51. The summed E-state index contributed by atoms with van der Waals surface area (Å²) < 4.78 is 27.2. The van der Waals surface area contributed by atoms with Crippen molar-refractivity contribution in [3.63, 3.8) is 0 Å². The zero-order valence-electron chi connectivity index (χ0n) is 17.3. The van der Waals surface area contributed by atoms with E-state index in [0.717, 1.165) is 11.0 Å². The van der Waals surface area contributed by atoms with Crippen LogP contribution in [-0.4, -0.2) is 24.4 Å². The topological polar surface area (TPSA) is 90.5 Å². The molecule has 0 aromatic heterocycles. The molecular weight excluding hydrogens is 430 g/mol. The summed E-state index contributed by atoms with van der Waals surface area (Å²) in [6, 6.07) is 18.0. The highest BCUT2D eigenvalue weighted by Gasteiger charge is 2.36. The molecule has 1 aliphatic rings. The minimum Gasteiger partial charge on any atom is -0.326 e. The van der Waals surface area contributed by atoms with Crippen molar-refractivity contribution in [1.82, 2.24) is 0 Å². The van der Waals surface area contributed by atoms with Crippen molar-refractivity contribution >= 4 is 40.6 Å². The highest BCUT2D eigenvalue weighted by Crippen LogP contribution is 2.28. The number of halogens is 2. The molecule has 7 nitrogen and oxygen atoms in total. The number of carbonyl (C=O) groups excluding carboxylic acids is 3. The van der Waals surface area contributed by atoms with Crippen LogP contribution in [0.1, 0.15) is 6.42 Å². The molecule has 33 heavy (non-hydrogen) atoms. The van der Waals surface area contributed by atoms with Crippen LogP contribution in [0, 0.1) is 17.6 Å². The smallest absolute Gasteiger partial charge is 0.323 e. The number of nitrogens with zero attached hydrogens (tertiary/aromatic N) is 1. The summed E-state index contributed by atoms with van der Waals surface area (Å²) >= 11 is 0. The lowest BCUT2D eigenvalue weighted by Crippen LogP contribution is -2.28. The Labute approximate surface area is 188 Å². The van der Waals surface area contributed by atoms with Crippen LogP contribution in [0.15, 0.2) is 72.8 Å². The van der Waals surface area contributed by atoms with E-state index in [2.05, 4.69) is 16.0 Å². The fourth-order valence-electron chi connectivity index (χ4n) is 3.51. The van der Waals surface area contributed by atoms with Gasteiger partial charge in [0.15, 0.2) is 0 Å². The molecule has 9 heteroatoms. The third-order valence-electron chi connectivity index (χ3n) is 5.14. The zero-order valence-corrected chi connectivity index (χ0v) is 17.3. The summed E-state index contributed by atoms with van der Waals surface area (Å²) in [5, 5.41) is 8.11. The van der Waals surface area contributed by atoms with Crippen LogP contribution in [0.4, 0.5) is 36.3 Å². The van der Waals surface area contributed by atoms with Crippen LogP contribution in [0.5, 0.6) is 0 Å². The SMILES string of the molecule is O=C(Nc1ccccc1)Nc1ccc(NC(=O)C2CC(=O)N(c3ccc(F)cc3F)C2)cc1. The summed E-state index contributed by atoms with van der Waals surface area (Å²) in [6.45, 7) is -0.00743. The van der Waals surface area contributed by atoms with Gasteiger partial charge in [-0.15, -0.1) is 0 Å². The summed E-state index contributed by atoms with van der Waals surface area (Å²) in [4.78, 5) is 38.1. The maximum absolute atomic E-state index is 14.0. The quantitative estimate of drug-likeness (QED) is 0.531. The Morgan fingerprint density at radius 2 is 1.42 bits per heavy atom. The zero-order chi connectivity index (χ0) is 23.4. The minimum absolute atomic E-state index is 0.00743. The Kier molecular flexibility index (Phi) is 6.30. The first-order chi connectivity index (χ1) is 15.9. The van der Waals surface area contributed by atoms with Crippen LogP contribution in [0.2, 0.25) is 0 Å². The maximum Gasteiger partial charge on any atom is 0.323 e. The van der Waals surface area contributed by atoms with Gasteiger partial charge in [-0.1, -0.05) is 18.2 Å². The first kappa shape index (κ1) is 21.9. The Morgan fingerprint density at radius 3 is 2.06 bits per heavy atom. The Morgan fingerprint density at radius 1 is 0.818 bits per heavy atom. The molecule has 3 aromatic carbocycles. The number of amides is 4. The Hall–Kier alpha value is -4.27. The lowest BCUT2D eigenvalue weighted by Gasteiger charge is -2.17. The van der Waals surface area contributed by atoms with Crippen molar-refractivity contribution in [2.24, 2.45) is 5.92 Å². The molecular formula is C24H20F2N4O3. The maximum atomic E-state index is 14.0. The van der Waals surface area contributed by atoms with Gasteiger partial charge in [-0.25, -0.2) is 13.6 Å². The van der Waals surface area contributed by atoms with Gasteiger partial charge < -0.3 is 20.9 Å². The van der Waals surface area contributed by atoms with Crippen molar-refractivity contribution in [2.45, 2.75) is 6.42 Å². The normalized spacial score (nSPS) is 15.3. The van der Waals surface area contributed by atoms with Gasteiger partial charge in [-0.3, -0.25) is 9.59 Å². The van der Waals surface area contributed by atoms with Gasteiger partial charge in [0, 0.05) is 36.1 Å². The summed E-state index contributed by atoms with van der Waals surface area (Å²) in [5.74, 6) is -3.09. The highest BCUT2D eigenvalue weighted by atomic mass is 19.1. The molecule has 1 aliphatic heterocycles. The standard InChI is InChI=1S/C24H20F2N4O3/c25-16-6-11-21(20(26)13-16)30-14-15(12-22(30)31)23(32)27-18-7-9-19(10-8-18)29-24(33)28-17-4-2-1-3-5-17/h1-11,13,15H,12,14H2,(H,27,32)(H2,28,29,33). The average Bonchev–Trinajstić information content (AvgIpc) is 3.17. The molecule has 0 saturated carbocycles. The second-order valence-electron chi connectivity index (χ2n) is 7.51. The molecule has 4 amide bonds. The first-order valence-corrected chi connectivity index (χ1v) is 10.2. The van der Waals surface area contributed by atoms with Crippen molar-refractivity contribution in [1.29, 1.82) is 0 Å². The number of hydrogen-bond acceptors (Lipinski definition) is 3. The number of carbonyl (C=O) groups is 3. The van der Waals surface area contributed by atoms with Crippen LogP contribution >= 0.6 is 0 Å². The lowest BCUT2D eigenvalue weighted by molar-refractivity contribution is -0.122. The minimum atomic E-state index is -0.858. The number of benzene rings is 3. The molecule has 0 radical (unpaired) electrons. The summed E-state index contributed by atoms with van der Waals surface area (Å²) in [7, 11) is 0. The number of anilines is 4. The molecule has 1 fully saturated rings. The van der Waals surface area contributed by atoms with E-state index in [9.17, 15) is 23.2 Å². The summed E-state index contributed by atoms with van der Waals surface area (Å²) in [5.41, 5.74) is 1.60. The van der Waals surface area contributed by atoms with Gasteiger partial charge in [0.25, 0.3) is 0 Å². The van der Waals surface area contributed by atoms with Gasteiger partial charge in [-0.05, 0) is 48.5 Å². The number of para-hydroxylation sites is 1. The third-order valence-corrected chi connectivity index (χ3v) is 5.14. The Bertz CT molecular complexity index is 1190. The van der Waals surface area contributed by atoms with Crippen LogP contribution < -0.4 is 20.9 Å². The van der Waals surface area contributed by atoms with Gasteiger partial charge in [0.2, 0.25) is 11.8 Å². The van der Waals surface area contributed by atoms with E-state index in [-0.39, 0.29) is 18.7 Å². The van der Waals surface area contributed by atoms with Crippen molar-refractivity contribution < 1.29 is 23.2 Å². The molecule has 0 bridgehead atoms. The van der Waals surface area contributed by atoms with E-state index < -0.39 is 35.4 Å². The number of rotatable bonds is 5. The molecule has 1 heterocycles. The Balaban J connectivity index is 1.33. The van der Waals surface area contributed by atoms with E-state index >= 15 is 0 Å². The van der Waals surface area contributed by atoms with E-state index in [1.165, 1.54) is 6.07 Å². The molecule has 4 rings (SSSR count). The van der Waals surface area contributed by atoms with Gasteiger partial charge in [-0.2, -0.15) is 0 Å². The number of nitrogens with one attached hydrogen (secondary N) is 3. The lowest BCUT2D eigenvalue weighted by atomic mass is 10.1. The highest BCUT2D eigenvalue weighted by molar-refractivity contribution is 6.04. The van der Waals surface area contributed by atoms with Gasteiger partial charge in [0.1, 0.15) is 11.6 Å². The van der Waals surface area contributed by atoms with Crippen molar-refractivity contribution in [2.75, 3.05) is 27.4 Å². The molecule has 0 aliphatic carbocycles. The molecule has 1 unspecified atom stereocenters. The van der Waals surface area contributed by atoms with E-state index in [4.69, 9.17) is 0 Å². The fraction of sp³-hybridized carbons (Fsp3) is 0.125. The van der Waals surface area contributed by atoms with Crippen LogP contribution in [-0.2, 0) is 9.59 Å². The molecule has 1 atom stereocenters. The molecule has 1 saturated heterocycles. The van der Waals surface area contributed by atoms with Gasteiger partial charge in [0.05, 0.1) is 11.6 Å². The predicted molar refractivity (Wildman–Crippen MR) is 121 cm³/mol. The van der Waals surface area contributed by atoms with Crippen molar-refractivity contribution in [3.8, 4) is 0 Å². The van der Waals surface area contributed by atoms with Crippen LogP contribution in [0.3, 0.4) is 0 Å². The second kappa shape index (κ2) is 9.47. The molecule has 168 valence electrons. The largest absolute Gasteiger partial charge is 0.326 e. The van der Waals surface area contributed by atoms with Crippen molar-refractivity contribution in [3.05, 3.63) is 84.4 Å². The van der Waals surface area contributed by atoms with E-state index in [0.29, 0.717) is 23.1 Å². The van der Waals surface area contributed by atoms with Crippen LogP contribution in [0.25, 0.3) is 0 Å². The predicted octanol–water partition coefficient (Wildman–Crippen LogP) is 4.60. The number of urea groups is 1. The third kappa shape index (κ3) is 5.32. The number of hydrogen-bond donors (Lipinski definition) is 3. The average molecular weight is 450 g/mol. The second-order valence-corrected chi connectivity index (χ2v) is 7.51. The molecule has 3 aromatic rings. The molecule has 0 spiro atoms.